The molecule has 0 N–H and O–H groups in total. The molecule has 0 radical (unpaired) electrons. The Bertz CT molecular complexity index is 386. The van der Waals surface area contributed by atoms with E-state index >= 15 is 0 Å². The van der Waals surface area contributed by atoms with E-state index in [9.17, 15) is 9.13 Å². The normalized spacial score (nSPS) is 63.1. The molecule has 3 saturated heterocycles. The predicted octanol–water partition coefficient (Wildman–Crippen LogP) is 2.84. The van der Waals surface area contributed by atoms with Crippen molar-refractivity contribution < 1.29 is 13.7 Å². The Balaban J connectivity index is 2.06. The largest absolute Gasteiger partial charge is 0.325 e. The lowest BCUT2D eigenvalue weighted by molar-refractivity contribution is 0.0689. The fraction of sp³-hybridized carbons (Fsp3) is 1.00. The topological polar surface area (TPSA) is 43.4 Å². The minimum Gasteiger partial charge on any atom is -0.325 e. The number of rotatable bonds is 0. The molecule has 0 amide bonds. The van der Waals surface area contributed by atoms with Gasteiger partial charge in [0.05, 0.1) is 13.2 Å². The molecular weight excluding hydrogens is 230 g/mol. The summed E-state index contributed by atoms with van der Waals surface area (Å²) >= 11 is 0. The van der Waals surface area contributed by atoms with Gasteiger partial charge in [-0.25, -0.2) is 0 Å². The zero-order valence-corrected chi connectivity index (χ0v) is 11.0. The van der Waals surface area contributed by atoms with Crippen LogP contribution >= 0.6 is 14.5 Å². The lowest BCUT2D eigenvalue weighted by atomic mass is 9.84. The Morgan fingerprint density at radius 1 is 1.13 bits per heavy atom. The van der Waals surface area contributed by atoms with E-state index in [4.69, 9.17) is 4.52 Å². The van der Waals surface area contributed by atoms with Crippen LogP contribution in [0.1, 0.15) is 19.3 Å². The summed E-state index contributed by atoms with van der Waals surface area (Å²) in [5.74, 6) is 0.446. The molecule has 0 aromatic carbocycles. The van der Waals surface area contributed by atoms with Crippen LogP contribution in [0.5, 0.6) is 0 Å². The van der Waals surface area contributed by atoms with Crippen LogP contribution in [0, 0.1) is 5.92 Å². The maximum atomic E-state index is 12.5. The second kappa shape index (κ2) is 3.00. The molecule has 3 aliphatic heterocycles. The van der Waals surface area contributed by atoms with Crippen LogP contribution in [0.3, 0.4) is 0 Å². The molecule has 0 aromatic heterocycles. The average molecular weight is 248 g/mol. The second-order valence-corrected chi connectivity index (χ2v) is 11.6. The summed E-state index contributed by atoms with van der Waals surface area (Å²) in [7, 11) is -4.52. The molecule has 3 nitrogen and oxygen atoms in total. The van der Waals surface area contributed by atoms with E-state index in [-0.39, 0.29) is 17.4 Å². The van der Waals surface area contributed by atoms with E-state index in [1.54, 1.807) is 6.66 Å². The van der Waals surface area contributed by atoms with Crippen molar-refractivity contribution in [2.24, 2.45) is 5.92 Å². The fourth-order valence-electron chi connectivity index (χ4n) is 3.90. The number of fused-ring (bicyclic) bond motifs is 2. The van der Waals surface area contributed by atoms with Crippen molar-refractivity contribution in [3.8, 4) is 0 Å². The highest BCUT2D eigenvalue weighted by Gasteiger charge is 2.60. The second-order valence-electron chi connectivity index (χ2n) is 5.54. The molecule has 2 unspecified atom stereocenters. The first-order valence-corrected chi connectivity index (χ1v) is 10.3. The standard InChI is InChI=1S/C10H18O3P2/c1-14(11)6-5-7-8-3-4-9(10(7)14)15(2,12)13-8/h7-10H,3-6H2,1-2H3/t7-,8+,9-,10-,14?,15?/m0/s1. The Hall–Kier alpha value is 0.420. The predicted molar refractivity (Wildman–Crippen MR) is 61.7 cm³/mol. The van der Waals surface area contributed by atoms with Crippen molar-refractivity contribution >= 4 is 14.5 Å². The Morgan fingerprint density at radius 2 is 1.87 bits per heavy atom. The Labute approximate surface area is 90.8 Å². The van der Waals surface area contributed by atoms with Crippen molar-refractivity contribution in [1.29, 1.82) is 0 Å². The van der Waals surface area contributed by atoms with Crippen molar-refractivity contribution in [3.05, 3.63) is 0 Å². The first kappa shape index (κ1) is 10.6. The highest BCUT2D eigenvalue weighted by Crippen LogP contribution is 2.73. The minimum atomic E-state index is -2.47. The molecule has 4 fully saturated rings. The minimum absolute atomic E-state index is 0.103. The van der Waals surface area contributed by atoms with Gasteiger partial charge in [0.25, 0.3) is 0 Å². The summed E-state index contributed by atoms with van der Waals surface area (Å²) in [5.41, 5.74) is 0.326. The zero-order chi connectivity index (χ0) is 10.8. The maximum Gasteiger partial charge on any atom is 0.204 e. The summed E-state index contributed by atoms with van der Waals surface area (Å²) in [6.07, 6.45) is 4.02. The van der Waals surface area contributed by atoms with Gasteiger partial charge in [-0.1, -0.05) is 0 Å². The van der Waals surface area contributed by atoms with Gasteiger partial charge in [-0.3, -0.25) is 4.57 Å². The fourth-order valence-corrected chi connectivity index (χ4v) is 11.0. The van der Waals surface area contributed by atoms with Crippen LogP contribution in [0.4, 0.5) is 0 Å². The van der Waals surface area contributed by atoms with Crippen molar-refractivity contribution in [3.63, 3.8) is 0 Å². The molecule has 6 atom stereocenters. The van der Waals surface area contributed by atoms with Gasteiger partial charge in [-0.05, 0) is 31.8 Å². The molecule has 0 aromatic rings. The smallest absolute Gasteiger partial charge is 0.204 e. The number of hydrogen-bond donors (Lipinski definition) is 0. The molecule has 4 aliphatic rings. The van der Waals surface area contributed by atoms with Gasteiger partial charge in [-0.2, -0.15) is 0 Å². The monoisotopic (exact) mass is 248 g/mol. The van der Waals surface area contributed by atoms with E-state index in [2.05, 4.69) is 0 Å². The third kappa shape index (κ3) is 1.36. The molecule has 1 saturated carbocycles. The van der Waals surface area contributed by atoms with E-state index in [1.807, 2.05) is 6.66 Å². The molecule has 15 heavy (non-hydrogen) atoms. The molecule has 1 aliphatic carbocycles. The molecule has 2 bridgehead atoms. The summed E-state index contributed by atoms with van der Waals surface area (Å²) in [6, 6.07) is 0. The van der Waals surface area contributed by atoms with Gasteiger partial charge < -0.3 is 9.09 Å². The van der Waals surface area contributed by atoms with E-state index in [0.29, 0.717) is 5.92 Å². The van der Waals surface area contributed by atoms with Crippen molar-refractivity contribution in [2.75, 3.05) is 19.5 Å². The van der Waals surface area contributed by atoms with Gasteiger partial charge in [0.2, 0.25) is 7.37 Å². The molecule has 4 rings (SSSR count). The van der Waals surface area contributed by atoms with Crippen LogP contribution in [-0.4, -0.2) is 36.9 Å². The van der Waals surface area contributed by atoms with Gasteiger partial charge >= 0.3 is 0 Å². The lowest BCUT2D eigenvalue weighted by Crippen LogP contribution is -2.48. The van der Waals surface area contributed by atoms with Crippen LogP contribution in [0.15, 0.2) is 0 Å². The summed E-state index contributed by atoms with van der Waals surface area (Å²) in [4.78, 5) is 0. The summed E-state index contributed by atoms with van der Waals surface area (Å²) in [5, 5.41) is 0. The Morgan fingerprint density at radius 3 is 2.53 bits per heavy atom. The van der Waals surface area contributed by atoms with Crippen molar-refractivity contribution in [2.45, 2.75) is 36.7 Å². The summed E-state index contributed by atoms with van der Waals surface area (Å²) < 4.78 is 30.5. The van der Waals surface area contributed by atoms with Gasteiger partial charge in [-0.15, -0.1) is 0 Å². The molecular formula is C10H18O3P2. The first-order valence-electron chi connectivity index (χ1n) is 5.74. The van der Waals surface area contributed by atoms with Gasteiger partial charge in [0.1, 0.15) is 0 Å². The van der Waals surface area contributed by atoms with Crippen LogP contribution in [-0.2, 0) is 13.7 Å². The quantitative estimate of drug-likeness (QED) is 0.619. The maximum absolute atomic E-state index is 12.5. The van der Waals surface area contributed by atoms with Crippen LogP contribution in [0.2, 0.25) is 0 Å². The highest BCUT2D eigenvalue weighted by atomic mass is 31.2. The van der Waals surface area contributed by atoms with E-state index in [1.165, 1.54) is 0 Å². The SMILES string of the molecule is CP1(=O)CC[C@@H]2[C@H]1[C@@H]1CC[C@H]2OP1(C)=O. The van der Waals surface area contributed by atoms with E-state index in [0.717, 1.165) is 25.4 Å². The molecule has 86 valence electrons. The highest BCUT2D eigenvalue weighted by molar-refractivity contribution is 7.66. The van der Waals surface area contributed by atoms with Gasteiger partial charge in [0, 0.05) is 24.1 Å². The lowest BCUT2D eigenvalue weighted by Gasteiger charge is -2.49. The third-order valence-electron chi connectivity index (χ3n) is 4.54. The summed E-state index contributed by atoms with van der Waals surface area (Å²) in [6.45, 7) is 3.66. The number of hydrogen-bond acceptors (Lipinski definition) is 3. The third-order valence-corrected chi connectivity index (χ3v) is 10.4. The first-order chi connectivity index (χ1) is 6.92. The van der Waals surface area contributed by atoms with Gasteiger partial charge in [0.15, 0.2) is 0 Å². The molecule has 3 heterocycles. The zero-order valence-electron chi connectivity index (χ0n) is 9.26. The van der Waals surface area contributed by atoms with Crippen LogP contribution < -0.4 is 0 Å². The molecule has 0 spiro atoms. The Kier molecular flexibility index (Phi) is 2.11. The van der Waals surface area contributed by atoms with Crippen molar-refractivity contribution in [1.82, 2.24) is 0 Å². The van der Waals surface area contributed by atoms with E-state index < -0.39 is 14.5 Å². The average Bonchev–Trinajstić information content (AvgIpc) is 2.43. The van der Waals surface area contributed by atoms with Crippen LogP contribution in [0.25, 0.3) is 0 Å². The molecule has 5 heteroatoms.